The number of carbonyl (C=O) groups is 1. The fourth-order valence-corrected chi connectivity index (χ4v) is 2.66. The van der Waals surface area contributed by atoms with Gasteiger partial charge in [0.25, 0.3) is 0 Å². The van der Waals surface area contributed by atoms with Crippen molar-refractivity contribution in [2.75, 3.05) is 12.3 Å². The molecule has 0 unspecified atom stereocenters. The van der Waals surface area contributed by atoms with Gasteiger partial charge in [-0.2, -0.15) is 0 Å². The van der Waals surface area contributed by atoms with Crippen LogP contribution in [0, 0.1) is 0 Å². The van der Waals surface area contributed by atoms with E-state index in [4.69, 9.17) is 0 Å². The van der Waals surface area contributed by atoms with Crippen LogP contribution in [0.1, 0.15) is 6.92 Å². The molecule has 2 aromatic rings. The van der Waals surface area contributed by atoms with Gasteiger partial charge in [0.2, 0.25) is 5.91 Å². The number of hydrogen-bond acceptors (Lipinski definition) is 4. The van der Waals surface area contributed by atoms with Crippen LogP contribution in [-0.2, 0) is 11.3 Å². The molecule has 0 atom stereocenters. The summed E-state index contributed by atoms with van der Waals surface area (Å²) in [5, 5.41) is 12.1. The fourth-order valence-electron chi connectivity index (χ4n) is 1.86. The topological polar surface area (TPSA) is 59.8 Å². The van der Waals surface area contributed by atoms with Crippen LogP contribution in [0.2, 0.25) is 0 Å². The minimum atomic E-state index is -0.0202. The van der Waals surface area contributed by atoms with Gasteiger partial charge in [-0.15, -0.1) is 16.8 Å². The van der Waals surface area contributed by atoms with Crippen molar-refractivity contribution < 1.29 is 4.79 Å². The molecule has 2 rings (SSSR count). The first-order chi connectivity index (χ1) is 10.2. The molecule has 21 heavy (non-hydrogen) atoms. The minimum absolute atomic E-state index is 0.0202. The number of nitrogens with one attached hydrogen (secondary N) is 1. The molecular formula is C15H18N4OS. The Balaban J connectivity index is 2.13. The predicted octanol–water partition coefficient (Wildman–Crippen LogP) is 2.36. The van der Waals surface area contributed by atoms with Crippen LogP contribution in [0.4, 0.5) is 0 Å². The van der Waals surface area contributed by atoms with Crippen LogP contribution in [0.15, 0.2) is 48.1 Å². The van der Waals surface area contributed by atoms with E-state index < -0.39 is 0 Å². The Morgan fingerprint density at radius 1 is 1.38 bits per heavy atom. The van der Waals surface area contributed by atoms with E-state index in [1.807, 2.05) is 41.0 Å². The lowest BCUT2D eigenvalue weighted by Gasteiger charge is -2.07. The van der Waals surface area contributed by atoms with Crippen molar-refractivity contribution in [3.8, 4) is 11.4 Å². The van der Waals surface area contributed by atoms with Crippen LogP contribution in [0.3, 0.4) is 0 Å². The Labute approximate surface area is 128 Å². The monoisotopic (exact) mass is 302 g/mol. The maximum atomic E-state index is 10.8. The van der Waals surface area contributed by atoms with Crippen molar-refractivity contribution in [3.05, 3.63) is 43.0 Å². The minimum Gasteiger partial charge on any atom is -0.356 e. The van der Waals surface area contributed by atoms with Gasteiger partial charge in [0, 0.05) is 31.3 Å². The highest BCUT2D eigenvalue weighted by atomic mass is 32.2. The smallest absolute Gasteiger partial charge is 0.216 e. The first-order valence-corrected chi connectivity index (χ1v) is 7.67. The van der Waals surface area contributed by atoms with Gasteiger partial charge in [-0.1, -0.05) is 48.2 Å². The number of hydrogen-bond donors (Lipinski definition) is 1. The molecule has 1 N–H and O–H groups in total. The van der Waals surface area contributed by atoms with Gasteiger partial charge in [0.15, 0.2) is 11.0 Å². The van der Waals surface area contributed by atoms with Gasteiger partial charge in [-0.3, -0.25) is 9.36 Å². The number of amides is 1. The summed E-state index contributed by atoms with van der Waals surface area (Å²) in [6.45, 7) is 6.57. The molecule has 110 valence electrons. The number of carbonyl (C=O) groups excluding carboxylic acids is 1. The summed E-state index contributed by atoms with van der Waals surface area (Å²) >= 11 is 1.57. The zero-order valence-electron chi connectivity index (χ0n) is 12.0. The van der Waals surface area contributed by atoms with Gasteiger partial charge in [0.05, 0.1) is 0 Å². The van der Waals surface area contributed by atoms with Crippen LogP contribution in [0.25, 0.3) is 11.4 Å². The molecule has 5 nitrogen and oxygen atoms in total. The van der Waals surface area contributed by atoms with Gasteiger partial charge in [-0.25, -0.2) is 0 Å². The highest BCUT2D eigenvalue weighted by Crippen LogP contribution is 2.23. The molecule has 0 aliphatic carbocycles. The van der Waals surface area contributed by atoms with Crippen molar-refractivity contribution >= 4 is 17.7 Å². The van der Waals surface area contributed by atoms with Gasteiger partial charge >= 0.3 is 0 Å². The number of aromatic nitrogens is 3. The predicted molar refractivity (Wildman–Crippen MR) is 85.1 cm³/mol. The van der Waals surface area contributed by atoms with E-state index in [2.05, 4.69) is 22.1 Å². The molecule has 1 amide bonds. The lowest BCUT2D eigenvalue weighted by molar-refractivity contribution is -0.118. The quantitative estimate of drug-likeness (QED) is 0.484. The Bertz CT molecular complexity index is 609. The standard InChI is InChI=1S/C15H18N4OS/c1-3-10-19-14(13-7-5-4-6-8-13)17-18-15(19)21-11-9-16-12(2)20/h3-8H,1,9-11H2,2H3,(H,16,20). The summed E-state index contributed by atoms with van der Waals surface area (Å²) in [6.07, 6.45) is 1.83. The zero-order chi connectivity index (χ0) is 15.1. The third-order valence-corrected chi connectivity index (χ3v) is 3.74. The molecule has 0 bridgehead atoms. The van der Waals surface area contributed by atoms with E-state index in [-0.39, 0.29) is 5.91 Å². The Hall–Kier alpha value is -2.08. The van der Waals surface area contributed by atoms with Crippen LogP contribution < -0.4 is 5.32 Å². The zero-order valence-corrected chi connectivity index (χ0v) is 12.8. The summed E-state index contributed by atoms with van der Waals surface area (Å²) in [5.41, 5.74) is 1.03. The third-order valence-electron chi connectivity index (χ3n) is 2.77. The fraction of sp³-hybridized carbons (Fsp3) is 0.267. The number of thioether (sulfide) groups is 1. The second-order valence-corrected chi connectivity index (χ2v) is 5.46. The van der Waals surface area contributed by atoms with Gasteiger partial charge in [0.1, 0.15) is 0 Å². The molecule has 0 saturated carbocycles. The van der Waals surface area contributed by atoms with Crippen molar-refractivity contribution in [2.45, 2.75) is 18.6 Å². The highest BCUT2D eigenvalue weighted by molar-refractivity contribution is 7.99. The number of allylic oxidation sites excluding steroid dienone is 1. The van der Waals surface area contributed by atoms with Crippen molar-refractivity contribution in [1.29, 1.82) is 0 Å². The first-order valence-electron chi connectivity index (χ1n) is 6.69. The normalized spacial score (nSPS) is 10.3. The van der Waals surface area contributed by atoms with E-state index in [0.717, 1.165) is 22.3 Å². The lowest BCUT2D eigenvalue weighted by atomic mass is 10.2. The molecule has 0 aliphatic rings. The van der Waals surface area contributed by atoms with Crippen molar-refractivity contribution in [2.24, 2.45) is 0 Å². The molecule has 0 fully saturated rings. The number of nitrogens with zero attached hydrogens (tertiary/aromatic N) is 3. The molecule has 1 aromatic carbocycles. The Kier molecular flexibility index (Phi) is 5.57. The Morgan fingerprint density at radius 3 is 2.81 bits per heavy atom. The molecule has 0 aliphatic heterocycles. The maximum Gasteiger partial charge on any atom is 0.216 e. The first kappa shape index (κ1) is 15.3. The largest absolute Gasteiger partial charge is 0.356 e. The van der Waals surface area contributed by atoms with E-state index in [9.17, 15) is 4.79 Å². The highest BCUT2D eigenvalue weighted by Gasteiger charge is 2.12. The third kappa shape index (κ3) is 4.19. The van der Waals surface area contributed by atoms with E-state index in [0.29, 0.717) is 13.1 Å². The van der Waals surface area contributed by atoms with E-state index >= 15 is 0 Å². The summed E-state index contributed by atoms with van der Waals surface area (Å²) in [4.78, 5) is 10.8. The number of rotatable bonds is 7. The lowest BCUT2D eigenvalue weighted by Crippen LogP contribution is -2.22. The van der Waals surface area contributed by atoms with Crippen LogP contribution in [-0.4, -0.2) is 33.0 Å². The van der Waals surface area contributed by atoms with Gasteiger partial charge < -0.3 is 5.32 Å². The summed E-state index contributed by atoms with van der Waals surface area (Å²) in [6, 6.07) is 9.95. The summed E-state index contributed by atoms with van der Waals surface area (Å²) in [7, 11) is 0. The van der Waals surface area contributed by atoms with Gasteiger partial charge in [-0.05, 0) is 0 Å². The molecule has 1 heterocycles. The average molecular weight is 302 g/mol. The van der Waals surface area contributed by atoms with Crippen LogP contribution >= 0.6 is 11.8 Å². The molecule has 0 radical (unpaired) electrons. The molecule has 0 saturated heterocycles. The van der Waals surface area contributed by atoms with Crippen LogP contribution in [0.5, 0.6) is 0 Å². The molecular weight excluding hydrogens is 284 g/mol. The summed E-state index contributed by atoms with van der Waals surface area (Å²) < 4.78 is 2.03. The second-order valence-electron chi connectivity index (χ2n) is 4.40. The molecule has 1 aromatic heterocycles. The van der Waals surface area contributed by atoms with Crippen molar-refractivity contribution in [3.63, 3.8) is 0 Å². The summed E-state index contributed by atoms with van der Waals surface area (Å²) in [5.74, 6) is 1.56. The maximum absolute atomic E-state index is 10.8. The molecule has 0 spiro atoms. The second kappa shape index (κ2) is 7.64. The molecule has 6 heteroatoms. The van der Waals surface area contributed by atoms with E-state index in [1.54, 1.807) is 11.8 Å². The SMILES string of the molecule is C=CCn1c(SCCNC(C)=O)nnc1-c1ccccc1. The number of benzene rings is 1. The van der Waals surface area contributed by atoms with Crippen molar-refractivity contribution in [1.82, 2.24) is 20.1 Å². The average Bonchev–Trinajstić information content (AvgIpc) is 2.88. The van der Waals surface area contributed by atoms with E-state index in [1.165, 1.54) is 6.92 Å². The Morgan fingerprint density at radius 2 is 2.14 bits per heavy atom.